The van der Waals surface area contributed by atoms with E-state index in [1.165, 1.54) is 22.3 Å². The molecule has 26 heavy (non-hydrogen) atoms. The van der Waals surface area contributed by atoms with Gasteiger partial charge < -0.3 is 9.84 Å². The van der Waals surface area contributed by atoms with Crippen LogP contribution in [0.4, 0.5) is 0 Å². The first-order valence-electron chi connectivity index (χ1n) is 9.68. The lowest BCUT2D eigenvalue weighted by atomic mass is 9.67. The van der Waals surface area contributed by atoms with Crippen LogP contribution in [-0.2, 0) is 4.74 Å². The van der Waals surface area contributed by atoms with Crippen molar-refractivity contribution >= 4 is 0 Å². The summed E-state index contributed by atoms with van der Waals surface area (Å²) >= 11 is 0. The van der Waals surface area contributed by atoms with Crippen LogP contribution in [0.1, 0.15) is 61.8 Å². The first-order chi connectivity index (χ1) is 12.3. The maximum absolute atomic E-state index is 9.46. The molecule has 0 heterocycles. The number of rotatable bonds is 8. The van der Waals surface area contributed by atoms with Gasteiger partial charge in [0.25, 0.3) is 0 Å². The summed E-state index contributed by atoms with van der Waals surface area (Å²) in [5.41, 5.74) is 4.80. The fourth-order valence-electron chi connectivity index (χ4n) is 4.40. The smallest absolute Gasteiger partial charge is 0.0791 e. The molecule has 0 amide bonds. The molecule has 0 aliphatic heterocycles. The average molecular weight is 355 g/mol. The quantitative estimate of drug-likeness (QED) is 0.667. The SMILES string of the molecule is Cc1ccccc1C(C)C(C)(OCCO)C(c1ccccc1C)C(C)C. The third-order valence-electron chi connectivity index (χ3n) is 5.83. The van der Waals surface area contributed by atoms with Gasteiger partial charge in [-0.3, -0.25) is 0 Å². The van der Waals surface area contributed by atoms with E-state index in [-0.39, 0.29) is 18.4 Å². The largest absolute Gasteiger partial charge is 0.394 e. The lowest BCUT2D eigenvalue weighted by Crippen LogP contribution is -2.44. The van der Waals surface area contributed by atoms with Crippen molar-refractivity contribution in [3.63, 3.8) is 0 Å². The van der Waals surface area contributed by atoms with Gasteiger partial charge in [-0.25, -0.2) is 0 Å². The van der Waals surface area contributed by atoms with Crippen LogP contribution in [0.25, 0.3) is 0 Å². The molecular formula is C24H34O2. The Morgan fingerprint density at radius 1 is 0.885 bits per heavy atom. The van der Waals surface area contributed by atoms with E-state index >= 15 is 0 Å². The Labute approximate surface area is 159 Å². The van der Waals surface area contributed by atoms with Gasteiger partial charge in [0.1, 0.15) is 0 Å². The van der Waals surface area contributed by atoms with E-state index < -0.39 is 5.60 Å². The highest BCUT2D eigenvalue weighted by molar-refractivity contribution is 5.36. The van der Waals surface area contributed by atoms with E-state index in [1.54, 1.807) is 0 Å². The molecule has 1 N–H and O–H groups in total. The summed E-state index contributed by atoms with van der Waals surface area (Å²) in [5, 5.41) is 9.46. The monoisotopic (exact) mass is 354 g/mol. The summed E-state index contributed by atoms with van der Waals surface area (Å²) in [5.74, 6) is 0.832. The van der Waals surface area contributed by atoms with Crippen molar-refractivity contribution in [1.82, 2.24) is 0 Å². The lowest BCUT2D eigenvalue weighted by Gasteiger charge is -2.45. The van der Waals surface area contributed by atoms with E-state index in [0.717, 1.165) is 0 Å². The third-order valence-corrected chi connectivity index (χ3v) is 5.83. The van der Waals surface area contributed by atoms with Crippen molar-refractivity contribution in [3.05, 3.63) is 70.8 Å². The molecule has 2 aromatic carbocycles. The zero-order valence-corrected chi connectivity index (χ0v) is 17.1. The normalized spacial score (nSPS) is 16.3. The van der Waals surface area contributed by atoms with Crippen LogP contribution >= 0.6 is 0 Å². The summed E-state index contributed by atoms with van der Waals surface area (Å²) in [4.78, 5) is 0. The minimum absolute atomic E-state index is 0.0364. The van der Waals surface area contributed by atoms with Crippen molar-refractivity contribution in [3.8, 4) is 0 Å². The van der Waals surface area contributed by atoms with Crippen LogP contribution in [0.3, 0.4) is 0 Å². The maximum Gasteiger partial charge on any atom is 0.0791 e. The minimum Gasteiger partial charge on any atom is -0.394 e. The van der Waals surface area contributed by atoms with Crippen LogP contribution in [0.5, 0.6) is 0 Å². The Morgan fingerprint density at radius 3 is 1.85 bits per heavy atom. The molecule has 0 saturated carbocycles. The Kier molecular flexibility index (Phi) is 7.02. The first-order valence-corrected chi connectivity index (χ1v) is 9.68. The number of benzene rings is 2. The second-order valence-electron chi connectivity index (χ2n) is 7.91. The molecule has 0 aliphatic carbocycles. The van der Waals surface area contributed by atoms with Gasteiger partial charge in [0.05, 0.1) is 18.8 Å². The van der Waals surface area contributed by atoms with E-state index in [0.29, 0.717) is 12.5 Å². The molecular weight excluding hydrogens is 320 g/mol. The van der Waals surface area contributed by atoms with E-state index in [4.69, 9.17) is 4.74 Å². The number of ether oxygens (including phenoxy) is 1. The molecule has 0 saturated heterocycles. The Hall–Kier alpha value is -1.64. The number of hydrogen-bond acceptors (Lipinski definition) is 2. The number of hydrogen-bond donors (Lipinski definition) is 1. The predicted molar refractivity (Wildman–Crippen MR) is 110 cm³/mol. The van der Waals surface area contributed by atoms with Crippen molar-refractivity contribution < 1.29 is 9.84 Å². The number of aliphatic hydroxyl groups excluding tert-OH is 1. The first kappa shape index (κ1) is 20.7. The summed E-state index contributed by atoms with van der Waals surface area (Å²) in [6, 6.07) is 17.2. The highest BCUT2D eigenvalue weighted by atomic mass is 16.5. The molecule has 0 spiro atoms. The summed E-state index contributed by atoms with van der Waals surface area (Å²) < 4.78 is 6.43. The summed E-state index contributed by atoms with van der Waals surface area (Å²) in [6.07, 6.45) is 0. The van der Waals surface area contributed by atoms with Crippen molar-refractivity contribution in [2.24, 2.45) is 5.92 Å². The molecule has 142 valence electrons. The van der Waals surface area contributed by atoms with Gasteiger partial charge in [-0.15, -0.1) is 0 Å². The molecule has 3 atom stereocenters. The maximum atomic E-state index is 9.46. The average Bonchev–Trinajstić information content (AvgIpc) is 2.61. The van der Waals surface area contributed by atoms with Gasteiger partial charge in [-0.1, -0.05) is 69.3 Å². The summed E-state index contributed by atoms with van der Waals surface area (Å²) in [6.45, 7) is 13.7. The van der Waals surface area contributed by atoms with Gasteiger partial charge in [-0.2, -0.15) is 0 Å². The Morgan fingerprint density at radius 2 is 1.38 bits per heavy atom. The Bertz CT molecular complexity index is 707. The number of aliphatic hydroxyl groups is 1. The molecule has 0 bridgehead atoms. The molecule has 2 nitrogen and oxygen atoms in total. The van der Waals surface area contributed by atoms with E-state index in [9.17, 15) is 5.11 Å². The third kappa shape index (κ3) is 4.19. The van der Waals surface area contributed by atoms with Crippen molar-refractivity contribution in [2.45, 2.75) is 59.0 Å². The standard InChI is InChI=1S/C24H34O2/c1-17(2)23(22-14-10-8-12-19(22)4)24(6,26-16-15-25)20(5)21-13-9-7-11-18(21)3/h7-14,17,20,23,25H,15-16H2,1-6H3. The van der Waals surface area contributed by atoms with Crippen molar-refractivity contribution in [1.29, 1.82) is 0 Å². The van der Waals surface area contributed by atoms with Crippen LogP contribution in [0, 0.1) is 19.8 Å². The molecule has 3 unspecified atom stereocenters. The Balaban J connectivity index is 2.58. The summed E-state index contributed by atoms with van der Waals surface area (Å²) in [7, 11) is 0. The lowest BCUT2D eigenvalue weighted by molar-refractivity contribution is -0.0873. The van der Waals surface area contributed by atoms with Crippen LogP contribution in [0.15, 0.2) is 48.5 Å². The predicted octanol–water partition coefficient (Wildman–Crippen LogP) is 5.61. The van der Waals surface area contributed by atoms with Gasteiger partial charge in [0.15, 0.2) is 0 Å². The highest BCUT2D eigenvalue weighted by Gasteiger charge is 2.44. The highest BCUT2D eigenvalue weighted by Crippen LogP contribution is 2.47. The molecule has 0 fully saturated rings. The van der Waals surface area contributed by atoms with Crippen LogP contribution < -0.4 is 0 Å². The second kappa shape index (κ2) is 8.83. The topological polar surface area (TPSA) is 29.5 Å². The van der Waals surface area contributed by atoms with E-state index in [2.05, 4.69) is 90.1 Å². The molecule has 0 aliphatic rings. The minimum atomic E-state index is -0.422. The van der Waals surface area contributed by atoms with Crippen LogP contribution in [-0.4, -0.2) is 23.9 Å². The molecule has 0 radical (unpaired) electrons. The van der Waals surface area contributed by atoms with Gasteiger partial charge >= 0.3 is 0 Å². The van der Waals surface area contributed by atoms with Crippen molar-refractivity contribution in [2.75, 3.05) is 13.2 Å². The van der Waals surface area contributed by atoms with Gasteiger partial charge in [-0.05, 0) is 48.9 Å². The molecule has 2 aromatic rings. The van der Waals surface area contributed by atoms with Crippen LogP contribution in [0.2, 0.25) is 0 Å². The fraction of sp³-hybridized carbons (Fsp3) is 0.500. The molecule has 0 aromatic heterocycles. The van der Waals surface area contributed by atoms with Gasteiger partial charge in [0.2, 0.25) is 0 Å². The molecule has 2 rings (SSSR count). The zero-order chi connectivity index (χ0) is 19.3. The van der Waals surface area contributed by atoms with E-state index in [1.807, 2.05) is 0 Å². The number of aryl methyl sites for hydroxylation is 2. The second-order valence-corrected chi connectivity index (χ2v) is 7.91. The molecule has 2 heteroatoms. The zero-order valence-electron chi connectivity index (χ0n) is 17.1. The fourth-order valence-corrected chi connectivity index (χ4v) is 4.40. The van der Waals surface area contributed by atoms with Gasteiger partial charge in [0, 0.05) is 11.8 Å².